The number of amides is 1. The highest BCUT2D eigenvalue weighted by atomic mass is 16.2. The lowest BCUT2D eigenvalue weighted by atomic mass is 9.84. The van der Waals surface area contributed by atoms with Crippen molar-refractivity contribution < 1.29 is 4.79 Å². The summed E-state index contributed by atoms with van der Waals surface area (Å²) >= 11 is 0. The van der Waals surface area contributed by atoms with Gasteiger partial charge in [0.25, 0.3) is 0 Å². The van der Waals surface area contributed by atoms with Crippen molar-refractivity contribution in [2.24, 2.45) is 5.92 Å². The molecular weight excluding hydrogens is 264 g/mol. The third kappa shape index (κ3) is 1.95. The fraction of sp³-hybridized carbons (Fsp3) is 0.438. The molecule has 2 aromatic rings. The van der Waals surface area contributed by atoms with E-state index < -0.39 is 0 Å². The van der Waals surface area contributed by atoms with Crippen LogP contribution in [0.2, 0.25) is 0 Å². The van der Waals surface area contributed by atoms with E-state index in [1.54, 1.807) is 0 Å². The molecule has 1 fully saturated rings. The molecule has 0 atom stereocenters. The molecule has 0 unspecified atom stereocenters. The van der Waals surface area contributed by atoms with Gasteiger partial charge in [0.15, 0.2) is 11.6 Å². The number of carbonyl (C=O) groups is 1. The molecule has 0 bridgehead atoms. The molecule has 0 N–H and O–H groups in total. The summed E-state index contributed by atoms with van der Waals surface area (Å²) in [6.45, 7) is 1.50. The summed E-state index contributed by atoms with van der Waals surface area (Å²) in [4.78, 5) is 26.0. The van der Waals surface area contributed by atoms with Crippen molar-refractivity contribution in [2.45, 2.75) is 19.3 Å². The first-order valence-corrected chi connectivity index (χ1v) is 7.53. The molecular formula is C16H18N4O. The molecule has 108 valence electrons. The molecule has 1 aromatic carbocycles. The Morgan fingerprint density at radius 1 is 1.10 bits per heavy atom. The van der Waals surface area contributed by atoms with Crippen LogP contribution in [0.1, 0.15) is 19.3 Å². The average molecular weight is 282 g/mol. The van der Waals surface area contributed by atoms with E-state index in [4.69, 9.17) is 9.97 Å². The Morgan fingerprint density at radius 3 is 2.38 bits per heavy atom. The summed E-state index contributed by atoms with van der Waals surface area (Å²) in [6, 6.07) is 7.82. The van der Waals surface area contributed by atoms with Crippen LogP contribution in [0.4, 0.5) is 11.6 Å². The number of aromatic nitrogens is 2. The van der Waals surface area contributed by atoms with Gasteiger partial charge in [-0.05, 0) is 25.0 Å². The zero-order valence-electron chi connectivity index (χ0n) is 12.1. The summed E-state index contributed by atoms with van der Waals surface area (Å²) in [6.07, 6.45) is 3.20. The van der Waals surface area contributed by atoms with Gasteiger partial charge in [0, 0.05) is 26.1 Å². The normalized spacial score (nSPS) is 18.5. The predicted octanol–water partition coefficient (Wildman–Crippen LogP) is 2.21. The minimum absolute atomic E-state index is 0.189. The molecule has 5 nitrogen and oxygen atoms in total. The van der Waals surface area contributed by atoms with Gasteiger partial charge in [-0.2, -0.15) is 0 Å². The summed E-state index contributed by atoms with van der Waals surface area (Å²) in [7, 11) is 2.01. The van der Waals surface area contributed by atoms with E-state index in [0.29, 0.717) is 6.54 Å². The molecule has 0 radical (unpaired) electrons. The summed E-state index contributed by atoms with van der Waals surface area (Å²) in [5.74, 6) is 1.95. The molecule has 5 heteroatoms. The Morgan fingerprint density at radius 2 is 1.76 bits per heavy atom. The van der Waals surface area contributed by atoms with Crippen LogP contribution >= 0.6 is 0 Å². The number of nitrogens with zero attached hydrogens (tertiary/aromatic N) is 4. The largest absolute Gasteiger partial charge is 0.355 e. The van der Waals surface area contributed by atoms with Crippen molar-refractivity contribution in [3.8, 4) is 0 Å². The third-order valence-electron chi connectivity index (χ3n) is 4.53. The molecule has 1 aliphatic carbocycles. The number of benzene rings is 1. The lowest BCUT2D eigenvalue weighted by Crippen LogP contribution is -2.47. The van der Waals surface area contributed by atoms with Crippen LogP contribution in [0.15, 0.2) is 24.3 Å². The average Bonchev–Trinajstić information content (AvgIpc) is 2.44. The lowest BCUT2D eigenvalue weighted by molar-refractivity contribution is -0.124. The van der Waals surface area contributed by atoms with Crippen molar-refractivity contribution in [1.29, 1.82) is 0 Å². The van der Waals surface area contributed by atoms with E-state index in [1.165, 1.54) is 6.42 Å². The third-order valence-corrected chi connectivity index (χ3v) is 4.53. The standard InChI is InChI=1S/C16H18N4O/c1-19-9-10-20(16(21)11-5-4-6-11)15-14(19)17-12-7-2-3-8-13(12)18-15/h2-3,7-8,11H,4-6,9-10H2,1H3. The second kappa shape index (κ2) is 4.69. The van der Waals surface area contributed by atoms with Crippen molar-refractivity contribution in [3.63, 3.8) is 0 Å². The first-order valence-electron chi connectivity index (χ1n) is 7.53. The van der Waals surface area contributed by atoms with E-state index in [9.17, 15) is 4.79 Å². The topological polar surface area (TPSA) is 49.3 Å². The fourth-order valence-corrected chi connectivity index (χ4v) is 2.97. The van der Waals surface area contributed by atoms with Crippen molar-refractivity contribution in [1.82, 2.24) is 9.97 Å². The molecule has 2 heterocycles. The Kier molecular flexibility index (Phi) is 2.80. The highest BCUT2D eigenvalue weighted by Gasteiger charge is 2.34. The molecule has 0 spiro atoms. The van der Waals surface area contributed by atoms with Crippen LogP contribution in [0.25, 0.3) is 11.0 Å². The van der Waals surface area contributed by atoms with Gasteiger partial charge >= 0.3 is 0 Å². The first-order chi connectivity index (χ1) is 10.2. The summed E-state index contributed by atoms with van der Waals surface area (Å²) in [5, 5.41) is 0. The molecule has 1 saturated carbocycles. The summed E-state index contributed by atoms with van der Waals surface area (Å²) in [5.41, 5.74) is 1.72. The van der Waals surface area contributed by atoms with Crippen LogP contribution < -0.4 is 9.80 Å². The van der Waals surface area contributed by atoms with E-state index in [2.05, 4.69) is 4.90 Å². The molecule has 1 aliphatic heterocycles. The zero-order valence-corrected chi connectivity index (χ0v) is 12.1. The van der Waals surface area contributed by atoms with E-state index in [0.717, 1.165) is 42.1 Å². The number of fused-ring (bicyclic) bond motifs is 2. The second-order valence-electron chi connectivity index (χ2n) is 5.90. The molecule has 1 aromatic heterocycles. The monoisotopic (exact) mass is 282 g/mol. The molecule has 4 rings (SSSR count). The van der Waals surface area contributed by atoms with E-state index >= 15 is 0 Å². The zero-order chi connectivity index (χ0) is 14.4. The SMILES string of the molecule is CN1CCN(C(=O)C2CCC2)c2nc3ccccc3nc21. The van der Waals surface area contributed by atoms with E-state index in [-0.39, 0.29) is 11.8 Å². The number of likely N-dealkylation sites (N-methyl/N-ethyl adjacent to an activating group) is 1. The highest BCUT2D eigenvalue weighted by Crippen LogP contribution is 2.35. The second-order valence-corrected chi connectivity index (χ2v) is 5.90. The van der Waals surface area contributed by atoms with E-state index in [1.807, 2.05) is 36.2 Å². The number of para-hydroxylation sites is 2. The van der Waals surface area contributed by atoms with Crippen molar-refractivity contribution >= 4 is 28.6 Å². The van der Waals surface area contributed by atoms with Crippen LogP contribution in [-0.4, -0.2) is 36.0 Å². The quantitative estimate of drug-likeness (QED) is 0.804. The van der Waals surface area contributed by atoms with Gasteiger partial charge < -0.3 is 4.90 Å². The Bertz CT molecular complexity index is 710. The highest BCUT2D eigenvalue weighted by molar-refractivity contribution is 5.99. The molecule has 21 heavy (non-hydrogen) atoms. The maximum absolute atomic E-state index is 12.6. The van der Waals surface area contributed by atoms with Crippen LogP contribution in [0.5, 0.6) is 0 Å². The van der Waals surface area contributed by atoms with Gasteiger partial charge in [0.2, 0.25) is 5.91 Å². The lowest BCUT2D eigenvalue weighted by Gasteiger charge is -2.37. The van der Waals surface area contributed by atoms with Gasteiger partial charge in [-0.15, -0.1) is 0 Å². The molecule has 2 aliphatic rings. The minimum atomic E-state index is 0.189. The van der Waals surface area contributed by atoms with Gasteiger partial charge in [0.05, 0.1) is 11.0 Å². The number of rotatable bonds is 1. The van der Waals surface area contributed by atoms with Gasteiger partial charge in [-0.3, -0.25) is 9.69 Å². The minimum Gasteiger partial charge on any atom is -0.355 e. The number of hydrogen-bond donors (Lipinski definition) is 0. The number of carbonyl (C=O) groups excluding carboxylic acids is 1. The number of anilines is 2. The van der Waals surface area contributed by atoms with Gasteiger partial charge in [0.1, 0.15) is 0 Å². The Hall–Kier alpha value is -2.17. The fourth-order valence-electron chi connectivity index (χ4n) is 2.97. The maximum Gasteiger partial charge on any atom is 0.231 e. The maximum atomic E-state index is 12.6. The van der Waals surface area contributed by atoms with Crippen molar-refractivity contribution in [3.05, 3.63) is 24.3 Å². The number of hydrogen-bond acceptors (Lipinski definition) is 4. The Balaban J connectivity index is 1.82. The summed E-state index contributed by atoms with van der Waals surface area (Å²) < 4.78 is 0. The smallest absolute Gasteiger partial charge is 0.231 e. The van der Waals surface area contributed by atoms with Crippen molar-refractivity contribution in [2.75, 3.05) is 29.9 Å². The predicted molar refractivity (Wildman–Crippen MR) is 82.5 cm³/mol. The Labute approximate surface area is 123 Å². The van der Waals surface area contributed by atoms with Crippen LogP contribution in [-0.2, 0) is 4.79 Å². The first kappa shape index (κ1) is 12.6. The molecule has 1 amide bonds. The van der Waals surface area contributed by atoms with Crippen LogP contribution in [0.3, 0.4) is 0 Å². The van der Waals surface area contributed by atoms with Gasteiger partial charge in [-0.25, -0.2) is 9.97 Å². The van der Waals surface area contributed by atoms with Crippen LogP contribution in [0, 0.1) is 5.92 Å². The molecule has 0 saturated heterocycles. The van der Waals surface area contributed by atoms with Gasteiger partial charge in [-0.1, -0.05) is 18.6 Å².